The zero-order valence-corrected chi connectivity index (χ0v) is 14.1. The van der Waals surface area contributed by atoms with Crippen LogP contribution in [0.5, 0.6) is 5.75 Å². The van der Waals surface area contributed by atoms with Crippen LogP contribution in [-0.4, -0.2) is 61.8 Å². The Morgan fingerprint density at radius 3 is 2.57 bits per heavy atom. The summed E-state index contributed by atoms with van der Waals surface area (Å²) >= 11 is 9.47. The molecular weight excluding hydrogens is 394 g/mol. The Morgan fingerprint density at radius 1 is 1.17 bits per heavy atom. The first-order valence-electron chi connectivity index (χ1n) is 6.88. The van der Waals surface area contributed by atoms with E-state index >= 15 is 0 Å². The van der Waals surface area contributed by atoms with Gasteiger partial charge in [0.05, 0.1) is 12.1 Å². The Hall–Kier alpha value is -0.870. The molecule has 23 heavy (non-hydrogen) atoms. The van der Waals surface area contributed by atoms with Gasteiger partial charge in [-0.15, -0.1) is 0 Å². The molecule has 0 unspecified atom stereocenters. The number of halogens is 2. The van der Waals surface area contributed by atoms with Crippen LogP contribution in [0.2, 0.25) is 0 Å². The molecule has 126 valence electrons. The lowest BCUT2D eigenvalue weighted by Gasteiger charge is -2.39. The number of benzene rings is 1. The number of aliphatic hydroxyl groups excluding tert-OH is 4. The minimum atomic E-state index is -1.51. The highest BCUT2D eigenvalue weighted by molar-refractivity contribution is 9.10. The van der Waals surface area contributed by atoms with Crippen LogP contribution in [0.1, 0.15) is 0 Å². The molecule has 0 saturated carbocycles. The van der Waals surface area contributed by atoms with Gasteiger partial charge in [-0.3, -0.25) is 0 Å². The zero-order chi connectivity index (χ0) is 16.7. The van der Waals surface area contributed by atoms with Gasteiger partial charge in [-0.1, -0.05) is 12.1 Å². The van der Waals surface area contributed by atoms with Crippen molar-refractivity contribution >= 4 is 38.6 Å². The molecule has 7 nitrogen and oxygen atoms in total. The minimum Gasteiger partial charge on any atom is -0.458 e. The molecule has 1 aromatic carbocycles. The summed E-state index contributed by atoms with van der Waals surface area (Å²) in [5.41, 5.74) is 0.681. The van der Waals surface area contributed by atoms with Gasteiger partial charge in [-0.2, -0.15) is 0 Å². The number of hydrogen-bond acceptors (Lipinski definition) is 6. The summed E-state index contributed by atoms with van der Waals surface area (Å²) in [5.74, 6) is 0.319. The van der Waals surface area contributed by atoms with Crippen LogP contribution in [0.15, 0.2) is 28.9 Å². The van der Waals surface area contributed by atoms with Crippen molar-refractivity contribution in [1.82, 2.24) is 4.09 Å². The average molecular weight is 409 g/mol. The highest BCUT2D eigenvalue weighted by atomic mass is 79.9. The lowest BCUT2D eigenvalue weighted by atomic mass is 9.99. The number of aliphatic hydroxyl groups is 4. The molecule has 1 fully saturated rings. The molecule has 3 rings (SSSR count). The number of fused-ring (bicyclic) bond motifs is 1. The fraction of sp³-hybridized carbons (Fsp3) is 0.429. The zero-order valence-electron chi connectivity index (χ0n) is 11.7. The second kappa shape index (κ2) is 6.56. The largest absolute Gasteiger partial charge is 0.458 e. The molecule has 0 bridgehead atoms. The molecule has 0 amide bonds. The maximum Gasteiger partial charge on any atom is 0.229 e. The third kappa shape index (κ3) is 2.85. The maximum absolute atomic E-state index is 10.1. The maximum atomic E-state index is 10.1. The van der Waals surface area contributed by atoms with E-state index < -0.39 is 37.3 Å². The number of para-hydroxylation sites is 1. The molecule has 2 aromatic rings. The van der Waals surface area contributed by atoms with Crippen LogP contribution < -0.4 is 4.74 Å². The Bertz CT molecular complexity index is 708. The van der Waals surface area contributed by atoms with Gasteiger partial charge in [0, 0.05) is 17.2 Å². The standard InChI is InChI=1S/C14H15BrClNO6/c15-13-12(6-3-1-2-4-7(6)17(13)16)23-14-11(21)10(20)9(19)8(5-18)22-14/h1-4,8-11,14,18-21H,5H2/t8-,9+,10+,11-,14+/m1/s1. The predicted octanol–water partition coefficient (Wildman–Crippen LogP) is 0.584. The molecule has 2 heterocycles. The minimum absolute atomic E-state index is 0.319. The first kappa shape index (κ1) is 17.0. The second-order valence-electron chi connectivity index (χ2n) is 5.23. The molecule has 9 heteroatoms. The molecular formula is C14H15BrClNO6. The van der Waals surface area contributed by atoms with E-state index in [2.05, 4.69) is 15.9 Å². The van der Waals surface area contributed by atoms with E-state index in [0.29, 0.717) is 21.3 Å². The lowest BCUT2D eigenvalue weighted by Crippen LogP contribution is -2.60. The highest BCUT2D eigenvalue weighted by Crippen LogP contribution is 2.39. The molecule has 4 N–H and O–H groups in total. The monoisotopic (exact) mass is 407 g/mol. The van der Waals surface area contributed by atoms with Crippen LogP contribution in [-0.2, 0) is 4.74 Å². The van der Waals surface area contributed by atoms with E-state index in [4.69, 9.17) is 21.3 Å². The van der Waals surface area contributed by atoms with Gasteiger partial charge < -0.3 is 29.9 Å². The average Bonchev–Trinajstić information content (AvgIpc) is 2.80. The summed E-state index contributed by atoms with van der Waals surface area (Å²) in [7, 11) is 0. The van der Waals surface area contributed by atoms with E-state index in [1.807, 2.05) is 6.07 Å². The molecule has 1 aliphatic rings. The third-order valence-electron chi connectivity index (χ3n) is 3.80. The SMILES string of the molecule is OC[C@H]1O[C@@H](Oc2c(Br)n(Cl)c3ccccc23)[C@H](O)[C@@H](O)[C@H]1O. The number of ether oxygens (including phenoxy) is 2. The summed E-state index contributed by atoms with van der Waals surface area (Å²) < 4.78 is 12.8. The topological polar surface area (TPSA) is 104 Å². The highest BCUT2D eigenvalue weighted by Gasteiger charge is 2.45. The molecule has 5 atom stereocenters. The first-order chi connectivity index (χ1) is 11.0. The molecule has 0 spiro atoms. The van der Waals surface area contributed by atoms with Gasteiger partial charge in [-0.05, 0) is 28.1 Å². The van der Waals surface area contributed by atoms with Crippen LogP contribution in [0, 0.1) is 0 Å². The van der Waals surface area contributed by atoms with Crippen molar-refractivity contribution in [1.29, 1.82) is 0 Å². The van der Waals surface area contributed by atoms with Crippen molar-refractivity contribution in [2.24, 2.45) is 0 Å². The van der Waals surface area contributed by atoms with Gasteiger partial charge in [0.25, 0.3) is 0 Å². The van der Waals surface area contributed by atoms with Gasteiger partial charge in [0.15, 0.2) is 5.75 Å². The van der Waals surface area contributed by atoms with Crippen LogP contribution in [0.25, 0.3) is 10.9 Å². The Kier molecular flexibility index (Phi) is 4.84. The quantitative estimate of drug-likeness (QED) is 0.592. The van der Waals surface area contributed by atoms with Gasteiger partial charge in [0.2, 0.25) is 6.29 Å². The van der Waals surface area contributed by atoms with E-state index in [0.717, 1.165) is 0 Å². The van der Waals surface area contributed by atoms with Crippen LogP contribution in [0.3, 0.4) is 0 Å². The van der Waals surface area contributed by atoms with E-state index in [9.17, 15) is 20.4 Å². The molecule has 0 radical (unpaired) electrons. The molecule has 0 aliphatic carbocycles. The predicted molar refractivity (Wildman–Crippen MR) is 85.3 cm³/mol. The third-order valence-corrected chi connectivity index (χ3v) is 5.07. The Morgan fingerprint density at radius 2 is 1.87 bits per heavy atom. The smallest absolute Gasteiger partial charge is 0.229 e. The lowest BCUT2D eigenvalue weighted by molar-refractivity contribution is -0.277. The summed E-state index contributed by atoms with van der Waals surface area (Å²) in [6, 6.07) is 7.17. The fourth-order valence-corrected chi connectivity index (χ4v) is 3.26. The summed E-state index contributed by atoms with van der Waals surface area (Å²) in [5, 5.41) is 39.5. The summed E-state index contributed by atoms with van der Waals surface area (Å²) in [4.78, 5) is 0. The van der Waals surface area contributed by atoms with Crippen molar-refractivity contribution in [2.45, 2.75) is 30.7 Å². The van der Waals surface area contributed by atoms with Crippen molar-refractivity contribution in [3.05, 3.63) is 28.9 Å². The van der Waals surface area contributed by atoms with E-state index in [-0.39, 0.29) is 0 Å². The van der Waals surface area contributed by atoms with Crippen molar-refractivity contribution in [3.8, 4) is 5.75 Å². The van der Waals surface area contributed by atoms with E-state index in [1.165, 1.54) is 4.09 Å². The van der Waals surface area contributed by atoms with Crippen molar-refractivity contribution in [2.75, 3.05) is 6.61 Å². The molecule has 1 saturated heterocycles. The van der Waals surface area contributed by atoms with Gasteiger partial charge in [0.1, 0.15) is 29.0 Å². The number of rotatable bonds is 3. The molecule has 1 aromatic heterocycles. The summed E-state index contributed by atoms with van der Waals surface area (Å²) in [6.45, 7) is -0.525. The number of hydrogen-bond donors (Lipinski definition) is 4. The number of nitrogens with zero attached hydrogens (tertiary/aromatic N) is 1. The Balaban J connectivity index is 1.94. The van der Waals surface area contributed by atoms with Gasteiger partial charge >= 0.3 is 0 Å². The van der Waals surface area contributed by atoms with E-state index in [1.54, 1.807) is 18.2 Å². The second-order valence-corrected chi connectivity index (χ2v) is 6.32. The van der Waals surface area contributed by atoms with Crippen molar-refractivity contribution < 1.29 is 29.9 Å². The Labute approximate surface area is 144 Å². The van der Waals surface area contributed by atoms with Crippen LogP contribution >= 0.6 is 27.7 Å². The van der Waals surface area contributed by atoms with Crippen LogP contribution in [0.4, 0.5) is 0 Å². The normalized spacial score (nSPS) is 31.5. The first-order valence-corrected chi connectivity index (χ1v) is 8.01. The fourth-order valence-electron chi connectivity index (χ4n) is 2.54. The number of aromatic nitrogens is 1. The van der Waals surface area contributed by atoms with Crippen molar-refractivity contribution in [3.63, 3.8) is 0 Å². The summed E-state index contributed by atoms with van der Waals surface area (Å²) in [6.07, 6.45) is -6.75. The van der Waals surface area contributed by atoms with Gasteiger partial charge in [-0.25, -0.2) is 4.09 Å². The molecule has 1 aliphatic heterocycles.